The van der Waals surface area contributed by atoms with Gasteiger partial charge in [0.25, 0.3) is 0 Å². The van der Waals surface area contributed by atoms with Gasteiger partial charge in [-0.3, -0.25) is 9.97 Å². The van der Waals surface area contributed by atoms with Crippen LogP contribution in [0.4, 0.5) is 0 Å². The molecule has 0 radical (unpaired) electrons. The lowest BCUT2D eigenvalue weighted by Crippen LogP contribution is -2.14. The summed E-state index contributed by atoms with van der Waals surface area (Å²) in [5.74, 6) is 0. The molecular formula is C16H17N5. The van der Waals surface area contributed by atoms with Gasteiger partial charge in [0.05, 0.1) is 17.7 Å². The molecule has 3 aromatic rings. The van der Waals surface area contributed by atoms with Crippen LogP contribution in [0.25, 0.3) is 5.69 Å². The molecule has 0 saturated carbocycles. The van der Waals surface area contributed by atoms with Gasteiger partial charge in [-0.15, -0.1) is 0 Å². The molecule has 0 aliphatic carbocycles. The van der Waals surface area contributed by atoms with Crippen LogP contribution in [0.5, 0.6) is 0 Å². The molecule has 5 nitrogen and oxygen atoms in total. The van der Waals surface area contributed by atoms with Crippen LogP contribution in [0.1, 0.15) is 17.0 Å². The summed E-state index contributed by atoms with van der Waals surface area (Å²) in [4.78, 5) is 12.6. The Bertz CT molecular complexity index is 672. The molecule has 0 spiro atoms. The van der Waals surface area contributed by atoms with E-state index in [0.717, 1.165) is 30.2 Å². The zero-order chi connectivity index (χ0) is 14.5. The molecule has 5 heteroatoms. The van der Waals surface area contributed by atoms with Crippen LogP contribution in [0, 0.1) is 6.92 Å². The molecule has 0 fully saturated rings. The average Bonchev–Trinajstić information content (AvgIpc) is 3.04. The second kappa shape index (κ2) is 6.28. The Kier molecular flexibility index (Phi) is 4.02. The highest BCUT2D eigenvalue weighted by atomic mass is 15.0. The number of nitrogens with one attached hydrogen (secondary N) is 1. The van der Waals surface area contributed by atoms with Gasteiger partial charge in [0.2, 0.25) is 0 Å². The molecule has 2 aromatic heterocycles. The van der Waals surface area contributed by atoms with Crippen LogP contribution >= 0.6 is 0 Å². The normalized spacial score (nSPS) is 10.7. The van der Waals surface area contributed by atoms with Crippen molar-refractivity contribution < 1.29 is 0 Å². The van der Waals surface area contributed by atoms with Crippen LogP contribution in [0.15, 0.2) is 55.4 Å². The first-order chi connectivity index (χ1) is 10.3. The average molecular weight is 279 g/mol. The van der Waals surface area contributed by atoms with Crippen molar-refractivity contribution in [3.8, 4) is 5.69 Å². The van der Waals surface area contributed by atoms with Crippen molar-refractivity contribution in [1.82, 2.24) is 24.8 Å². The fraction of sp³-hybridized carbons (Fsp3) is 0.188. The third kappa shape index (κ3) is 3.52. The molecule has 0 atom stereocenters. The van der Waals surface area contributed by atoms with E-state index in [9.17, 15) is 0 Å². The summed E-state index contributed by atoms with van der Waals surface area (Å²) in [6.45, 7) is 3.46. The standard InChI is InChI=1S/C16H17N5/c1-13-8-20-15(11-19-13)10-18-9-14-2-4-16(5-3-14)21-7-6-17-12-21/h2-8,11-12,18H,9-10H2,1H3. The van der Waals surface area contributed by atoms with Gasteiger partial charge in [-0.2, -0.15) is 0 Å². The minimum absolute atomic E-state index is 0.719. The third-order valence-electron chi connectivity index (χ3n) is 3.21. The maximum Gasteiger partial charge on any atom is 0.0991 e. The molecule has 0 bridgehead atoms. The van der Waals surface area contributed by atoms with E-state index in [-0.39, 0.29) is 0 Å². The summed E-state index contributed by atoms with van der Waals surface area (Å²) in [7, 11) is 0. The lowest BCUT2D eigenvalue weighted by Gasteiger charge is -2.06. The number of benzene rings is 1. The first kappa shape index (κ1) is 13.5. The summed E-state index contributed by atoms with van der Waals surface area (Å²) in [5, 5.41) is 3.37. The Morgan fingerprint density at radius 3 is 2.57 bits per heavy atom. The lowest BCUT2D eigenvalue weighted by molar-refractivity contribution is 0.676. The quantitative estimate of drug-likeness (QED) is 0.778. The van der Waals surface area contributed by atoms with Gasteiger partial charge in [0, 0.05) is 43.6 Å². The number of hydrogen-bond donors (Lipinski definition) is 1. The zero-order valence-electron chi connectivity index (χ0n) is 11.9. The summed E-state index contributed by atoms with van der Waals surface area (Å²) in [6.07, 6.45) is 9.10. The van der Waals surface area contributed by atoms with E-state index in [1.54, 1.807) is 18.7 Å². The highest BCUT2D eigenvalue weighted by Crippen LogP contribution is 2.09. The Hall–Kier alpha value is -2.53. The van der Waals surface area contributed by atoms with Crippen LogP contribution in [0.2, 0.25) is 0 Å². The highest BCUT2D eigenvalue weighted by molar-refractivity contribution is 5.34. The van der Waals surface area contributed by atoms with E-state index in [1.165, 1.54) is 5.56 Å². The SMILES string of the molecule is Cc1cnc(CNCc2ccc(-n3ccnc3)cc2)cn1. The molecule has 21 heavy (non-hydrogen) atoms. The molecule has 3 rings (SSSR count). The van der Waals surface area contributed by atoms with Crippen molar-refractivity contribution in [2.45, 2.75) is 20.0 Å². The van der Waals surface area contributed by atoms with E-state index in [2.05, 4.69) is 44.5 Å². The molecule has 0 saturated heterocycles. The van der Waals surface area contributed by atoms with E-state index >= 15 is 0 Å². The van der Waals surface area contributed by atoms with Gasteiger partial charge in [-0.1, -0.05) is 12.1 Å². The van der Waals surface area contributed by atoms with E-state index in [0.29, 0.717) is 0 Å². The minimum atomic E-state index is 0.719. The molecule has 1 aromatic carbocycles. The molecule has 0 amide bonds. The highest BCUT2D eigenvalue weighted by Gasteiger charge is 1.98. The van der Waals surface area contributed by atoms with E-state index < -0.39 is 0 Å². The van der Waals surface area contributed by atoms with Crippen molar-refractivity contribution in [1.29, 1.82) is 0 Å². The predicted octanol–water partition coefficient (Wildman–Crippen LogP) is 2.26. The maximum atomic E-state index is 4.32. The smallest absolute Gasteiger partial charge is 0.0991 e. The van der Waals surface area contributed by atoms with Gasteiger partial charge >= 0.3 is 0 Å². The number of aromatic nitrogens is 4. The van der Waals surface area contributed by atoms with Gasteiger partial charge in [-0.05, 0) is 24.6 Å². The first-order valence-electron chi connectivity index (χ1n) is 6.87. The number of rotatable bonds is 5. The second-order valence-corrected chi connectivity index (χ2v) is 4.89. The Labute approximate surface area is 123 Å². The van der Waals surface area contributed by atoms with Gasteiger partial charge in [-0.25, -0.2) is 4.98 Å². The molecule has 1 N–H and O–H groups in total. The zero-order valence-corrected chi connectivity index (χ0v) is 11.9. The number of nitrogens with zero attached hydrogens (tertiary/aromatic N) is 4. The summed E-state index contributed by atoms with van der Waals surface area (Å²) in [6, 6.07) is 8.40. The fourth-order valence-corrected chi connectivity index (χ4v) is 2.04. The molecule has 0 aliphatic rings. The lowest BCUT2D eigenvalue weighted by atomic mass is 10.2. The van der Waals surface area contributed by atoms with Crippen molar-refractivity contribution in [3.63, 3.8) is 0 Å². The number of imidazole rings is 1. The van der Waals surface area contributed by atoms with Crippen molar-refractivity contribution >= 4 is 0 Å². The predicted molar refractivity (Wildman–Crippen MR) is 80.9 cm³/mol. The first-order valence-corrected chi connectivity index (χ1v) is 6.87. The molecule has 0 aliphatic heterocycles. The monoisotopic (exact) mass is 279 g/mol. The van der Waals surface area contributed by atoms with E-state index in [4.69, 9.17) is 0 Å². The minimum Gasteiger partial charge on any atom is -0.307 e. The third-order valence-corrected chi connectivity index (χ3v) is 3.21. The Morgan fingerprint density at radius 1 is 1.05 bits per heavy atom. The van der Waals surface area contributed by atoms with Crippen molar-refractivity contribution in [2.24, 2.45) is 0 Å². The van der Waals surface area contributed by atoms with Gasteiger partial charge < -0.3 is 9.88 Å². The summed E-state index contributed by atoms with van der Waals surface area (Å²) >= 11 is 0. The molecule has 106 valence electrons. The van der Waals surface area contributed by atoms with Gasteiger partial charge in [0.15, 0.2) is 0 Å². The van der Waals surface area contributed by atoms with Crippen LogP contribution in [-0.2, 0) is 13.1 Å². The maximum absolute atomic E-state index is 4.32. The molecule has 0 unspecified atom stereocenters. The van der Waals surface area contributed by atoms with Gasteiger partial charge in [0.1, 0.15) is 0 Å². The number of aryl methyl sites for hydroxylation is 1. The summed E-state index contributed by atoms with van der Waals surface area (Å²) < 4.78 is 1.99. The topological polar surface area (TPSA) is 55.6 Å². The molecular weight excluding hydrogens is 262 g/mol. The number of hydrogen-bond acceptors (Lipinski definition) is 4. The Balaban J connectivity index is 1.55. The van der Waals surface area contributed by atoms with Crippen LogP contribution < -0.4 is 5.32 Å². The largest absolute Gasteiger partial charge is 0.307 e. The van der Waals surface area contributed by atoms with Crippen LogP contribution in [-0.4, -0.2) is 19.5 Å². The Morgan fingerprint density at radius 2 is 1.90 bits per heavy atom. The second-order valence-electron chi connectivity index (χ2n) is 4.89. The van der Waals surface area contributed by atoms with E-state index in [1.807, 2.05) is 23.9 Å². The summed E-state index contributed by atoms with van der Waals surface area (Å²) in [5.41, 5.74) is 4.24. The van der Waals surface area contributed by atoms with Crippen molar-refractivity contribution in [3.05, 3.63) is 72.3 Å². The van der Waals surface area contributed by atoms with Crippen molar-refractivity contribution in [2.75, 3.05) is 0 Å². The fourth-order valence-electron chi connectivity index (χ4n) is 2.04. The van der Waals surface area contributed by atoms with Crippen LogP contribution in [0.3, 0.4) is 0 Å². The molecule has 2 heterocycles.